The number of hydrogen-bond acceptors (Lipinski definition) is 5. The number of methoxy groups -OCH3 is 1. The van der Waals surface area contributed by atoms with Crippen LogP contribution in [0.15, 0.2) is 68.3 Å². The highest BCUT2D eigenvalue weighted by atomic mass is 79.9. The Morgan fingerprint density at radius 3 is 2.68 bits per heavy atom. The lowest BCUT2D eigenvalue weighted by Gasteiger charge is -2.26. The molecule has 6 nitrogen and oxygen atoms in total. The van der Waals surface area contributed by atoms with E-state index in [4.69, 9.17) is 20.8 Å². The first-order valence-corrected chi connectivity index (χ1v) is 11.3. The Morgan fingerprint density at radius 1 is 1.18 bits per heavy atom. The van der Waals surface area contributed by atoms with Gasteiger partial charge >= 0.3 is 0 Å². The summed E-state index contributed by atoms with van der Waals surface area (Å²) in [6.07, 6.45) is 0. The molecule has 34 heavy (non-hydrogen) atoms. The molecular formula is C25H16BrClFNO5. The van der Waals surface area contributed by atoms with Crippen LogP contribution in [0.1, 0.15) is 33.3 Å². The van der Waals surface area contributed by atoms with Gasteiger partial charge in [0.05, 0.1) is 28.6 Å². The molecule has 1 N–H and O–H groups in total. The number of halogens is 3. The van der Waals surface area contributed by atoms with Crippen LogP contribution in [0.5, 0.6) is 11.5 Å². The van der Waals surface area contributed by atoms with E-state index in [0.717, 1.165) is 12.1 Å². The first-order chi connectivity index (χ1) is 16.3. The predicted molar refractivity (Wildman–Crippen MR) is 128 cm³/mol. The molecule has 5 rings (SSSR count). The molecule has 172 valence electrons. The Bertz CT molecular complexity index is 1540. The molecule has 0 unspecified atom stereocenters. The summed E-state index contributed by atoms with van der Waals surface area (Å²) in [5.41, 5.74) is 0.835. The summed E-state index contributed by atoms with van der Waals surface area (Å²) in [5.74, 6) is -1.20. The Labute approximate surface area is 206 Å². The van der Waals surface area contributed by atoms with Gasteiger partial charge in [0.15, 0.2) is 16.9 Å². The highest BCUT2D eigenvalue weighted by molar-refractivity contribution is 9.10. The zero-order chi connectivity index (χ0) is 24.1. The normalized spacial score (nSPS) is 15.1. The number of carbonyl (C=O) groups excluding carboxylic acids is 1. The minimum atomic E-state index is -0.895. The van der Waals surface area contributed by atoms with Crippen LogP contribution >= 0.6 is 27.5 Å². The maximum atomic E-state index is 13.9. The third-order valence-electron chi connectivity index (χ3n) is 5.81. The van der Waals surface area contributed by atoms with Crippen LogP contribution in [0, 0.1) is 5.82 Å². The third-order valence-corrected chi connectivity index (χ3v) is 6.79. The van der Waals surface area contributed by atoms with Gasteiger partial charge in [-0.25, -0.2) is 4.39 Å². The van der Waals surface area contributed by atoms with Crippen molar-refractivity contribution in [3.8, 4) is 11.5 Å². The zero-order valence-corrected chi connectivity index (χ0v) is 20.0. The summed E-state index contributed by atoms with van der Waals surface area (Å²) in [6.45, 7) is 0.0817. The molecule has 9 heteroatoms. The van der Waals surface area contributed by atoms with Crippen molar-refractivity contribution in [2.45, 2.75) is 12.6 Å². The molecule has 0 bridgehead atoms. The van der Waals surface area contributed by atoms with Crippen molar-refractivity contribution in [2.75, 3.05) is 7.11 Å². The standard InChI is InChI=1S/C25H16BrClFNO5/c1-33-19-9-13(8-16(26)23(19)31)21-20-22(30)15-10-14(28)6-7-18(15)34-24(20)25(32)29(21)11-12-4-2-3-5-17(12)27/h2-10,21,31H,11H2,1H3/t21-/m0/s1. The van der Waals surface area contributed by atoms with Crippen molar-refractivity contribution in [3.05, 3.63) is 103 Å². The molecule has 0 saturated carbocycles. The van der Waals surface area contributed by atoms with E-state index in [2.05, 4.69) is 15.9 Å². The van der Waals surface area contributed by atoms with Gasteiger partial charge < -0.3 is 19.2 Å². The van der Waals surface area contributed by atoms with Gasteiger partial charge in [0.2, 0.25) is 5.76 Å². The molecular weight excluding hydrogens is 529 g/mol. The monoisotopic (exact) mass is 543 g/mol. The van der Waals surface area contributed by atoms with Crippen LogP contribution in [0.2, 0.25) is 5.02 Å². The molecule has 0 saturated heterocycles. The van der Waals surface area contributed by atoms with Crippen LogP contribution in [-0.4, -0.2) is 23.0 Å². The van der Waals surface area contributed by atoms with Crippen LogP contribution in [-0.2, 0) is 6.54 Å². The Morgan fingerprint density at radius 2 is 1.94 bits per heavy atom. The largest absolute Gasteiger partial charge is 0.503 e. The fraction of sp³-hybridized carbons (Fsp3) is 0.120. The van der Waals surface area contributed by atoms with Crippen LogP contribution in [0.4, 0.5) is 4.39 Å². The van der Waals surface area contributed by atoms with Crippen molar-refractivity contribution in [1.29, 1.82) is 0 Å². The quantitative estimate of drug-likeness (QED) is 0.351. The number of amides is 1. The van der Waals surface area contributed by atoms with Crippen LogP contribution in [0.3, 0.4) is 0 Å². The maximum absolute atomic E-state index is 13.9. The summed E-state index contributed by atoms with van der Waals surface area (Å²) < 4.78 is 25.4. The molecule has 0 radical (unpaired) electrons. The van der Waals surface area contributed by atoms with Gasteiger partial charge in [-0.05, 0) is 63.5 Å². The number of benzene rings is 3. The number of phenolic OH excluding ortho intramolecular Hbond substituents is 1. The van der Waals surface area contributed by atoms with Gasteiger partial charge in [-0.3, -0.25) is 9.59 Å². The minimum absolute atomic E-state index is 0.0287. The van der Waals surface area contributed by atoms with Crippen molar-refractivity contribution in [1.82, 2.24) is 4.90 Å². The molecule has 1 aliphatic rings. The molecule has 0 fully saturated rings. The molecule has 1 amide bonds. The second kappa shape index (κ2) is 8.45. The predicted octanol–water partition coefficient (Wildman–Crippen LogP) is 5.81. The van der Waals surface area contributed by atoms with Crippen LogP contribution in [0.25, 0.3) is 11.0 Å². The first-order valence-electron chi connectivity index (χ1n) is 10.2. The number of aromatic hydroxyl groups is 1. The maximum Gasteiger partial charge on any atom is 0.291 e. The Hall–Kier alpha value is -3.36. The van der Waals surface area contributed by atoms with E-state index in [9.17, 15) is 19.1 Å². The average Bonchev–Trinajstić information content (AvgIpc) is 3.09. The molecule has 1 aromatic heterocycles. The smallest absolute Gasteiger partial charge is 0.291 e. The van der Waals surface area contributed by atoms with E-state index in [1.807, 2.05) is 0 Å². The van der Waals surface area contributed by atoms with Gasteiger partial charge in [0, 0.05) is 11.6 Å². The summed E-state index contributed by atoms with van der Waals surface area (Å²) in [5, 5.41) is 10.8. The Balaban J connectivity index is 1.78. The van der Waals surface area contributed by atoms with E-state index in [-0.39, 0.29) is 40.3 Å². The summed E-state index contributed by atoms with van der Waals surface area (Å²) in [7, 11) is 1.39. The van der Waals surface area contributed by atoms with Gasteiger partial charge in [-0.2, -0.15) is 0 Å². The summed E-state index contributed by atoms with van der Waals surface area (Å²) >= 11 is 9.66. The van der Waals surface area contributed by atoms with Crippen molar-refractivity contribution in [3.63, 3.8) is 0 Å². The molecule has 1 atom stereocenters. The molecule has 1 aliphatic heterocycles. The van der Waals surface area contributed by atoms with Crippen molar-refractivity contribution in [2.24, 2.45) is 0 Å². The fourth-order valence-electron chi connectivity index (χ4n) is 4.22. The van der Waals surface area contributed by atoms with E-state index >= 15 is 0 Å². The molecule has 3 aromatic carbocycles. The molecule has 2 heterocycles. The number of phenols is 1. The zero-order valence-electron chi connectivity index (χ0n) is 17.6. The number of nitrogens with zero attached hydrogens (tertiary/aromatic N) is 1. The third kappa shape index (κ3) is 3.54. The molecule has 0 aliphatic carbocycles. The van der Waals surface area contributed by atoms with Crippen molar-refractivity contribution >= 4 is 44.4 Å². The first kappa shape index (κ1) is 22.4. The van der Waals surface area contributed by atoms with Crippen molar-refractivity contribution < 1.29 is 23.4 Å². The minimum Gasteiger partial charge on any atom is -0.503 e. The highest BCUT2D eigenvalue weighted by Crippen LogP contribution is 2.44. The fourth-order valence-corrected chi connectivity index (χ4v) is 4.87. The van der Waals surface area contributed by atoms with E-state index in [0.29, 0.717) is 20.6 Å². The number of carbonyl (C=O) groups is 1. The average molecular weight is 545 g/mol. The lowest BCUT2D eigenvalue weighted by atomic mass is 9.97. The number of ether oxygens (including phenoxy) is 1. The topological polar surface area (TPSA) is 80.0 Å². The summed E-state index contributed by atoms with van der Waals surface area (Å²) in [6, 6.07) is 12.9. The molecule has 4 aromatic rings. The lowest BCUT2D eigenvalue weighted by Crippen LogP contribution is -2.29. The molecule has 0 spiro atoms. The highest BCUT2D eigenvalue weighted by Gasteiger charge is 2.43. The number of fused-ring (bicyclic) bond motifs is 2. The second-order valence-electron chi connectivity index (χ2n) is 7.80. The number of hydrogen-bond donors (Lipinski definition) is 1. The second-order valence-corrected chi connectivity index (χ2v) is 9.06. The van der Waals surface area contributed by atoms with E-state index in [1.54, 1.807) is 36.4 Å². The van der Waals surface area contributed by atoms with Gasteiger partial charge in [0.1, 0.15) is 11.4 Å². The lowest BCUT2D eigenvalue weighted by molar-refractivity contribution is 0.0714. The van der Waals surface area contributed by atoms with E-state index < -0.39 is 23.2 Å². The van der Waals surface area contributed by atoms with Gasteiger partial charge in [-0.15, -0.1) is 0 Å². The van der Waals surface area contributed by atoms with Gasteiger partial charge in [-0.1, -0.05) is 29.8 Å². The Kier molecular flexibility index (Phi) is 5.58. The number of rotatable bonds is 4. The van der Waals surface area contributed by atoms with Gasteiger partial charge in [0.25, 0.3) is 5.91 Å². The SMILES string of the molecule is COc1cc([C@H]2c3c(oc4ccc(F)cc4c3=O)C(=O)N2Cc2ccccc2Cl)cc(Br)c1O. The van der Waals surface area contributed by atoms with E-state index in [1.165, 1.54) is 18.1 Å². The summed E-state index contributed by atoms with van der Waals surface area (Å²) in [4.78, 5) is 28.6. The van der Waals surface area contributed by atoms with Crippen LogP contribution < -0.4 is 10.2 Å².